The van der Waals surface area contributed by atoms with Crippen LogP contribution in [0.15, 0.2) is 133 Å². The predicted molar refractivity (Wildman–Crippen MR) is 190 cm³/mol. The Morgan fingerprint density at radius 1 is 0.522 bits per heavy atom. The molecule has 6 aromatic carbocycles. The van der Waals surface area contributed by atoms with Crippen LogP contribution in [-0.2, 0) is 0 Å². The Morgan fingerprint density at radius 3 is 1.46 bits per heavy atom. The van der Waals surface area contributed by atoms with Gasteiger partial charge in [-0.15, -0.1) is 0 Å². The fourth-order valence-corrected chi connectivity index (χ4v) is 6.67. The van der Waals surface area contributed by atoms with Gasteiger partial charge in [0.15, 0.2) is 0 Å². The normalized spacial score (nSPS) is 11.0. The fourth-order valence-electron chi connectivity index (χ4n) is 6.67. The van der Waals surface area contributed by atoms with Crippen LogP contribution in [0.5, 0.6) is 0 Å². The van der Waals surface area contributed by atoms with E-state index < -0.39 is 0 Å². The van der Waals surface area contributed by atoms with E-state index in [2.05, 4.69) is 133 Å². The molecule has 7 aromatic rings. The minimum absolute atomic E-state index is 0.531. The summed E-state index contributed by atoms with van der Waals surface area (Å²) < 4.78 is 2.32. The van der Waals surface area contributed by atoms with Crippen molar-refractivity contribution in [1.29, 1.82) is 10.5 Å². The van der Waals surface area contributed by atoms with E-state index in [1.807, 2.05) is 36.4 Å². The Hall–Kier alpha value is -6.10. The summed E-state index contributed by atoms with van der Waals surface area (Å²) in [5, 5.41) is 23.3. The molecule has 4 heteroatoms. The molecule has 0 bridgehead atoms. The first-order valence-corrected chi connectivity index (χ1v) is 15.7. The molecular weight excluding hydrogens is 560 g/mol. The molecule has 1 heterocycles. The second kappa shape index (κ2) is 12.1. The Balaban J connectivity index is 1.30. The highest BCUT2D eigenvalue weighted by Gasteiger charge is 2.23. The van der Waals surface area contributed by atoms with Crippen LogP contribution in [0.3, 0.4) is 0 Å². The second-order valence-electron chi connectivity index (χ2n) is 11.3. The summed E-state index contributed by atoms with van der Waals surface area (Å²) in [6, 6.07) is 51.0. The van der Waals surface area contributed by atoms with Gasteiger partial charge < -0.3 is 9.47 Å². The number of benzene rings is 6. The van der Waals surface area contributed by atoms with Gasteiger partial charge in [0.1, 0.15) is 12.1 Å². The van der Waals surface area contributed by atoms with Crippen molar-refractivity contribution < 1.29 is 0 Å². The maximum atomic E-state index is 10.5. The molecule has 0 radical (unpaired) electrons. The highest BCUT2D eigenvalue weighted by Crippen LogP contribution is 2.41. The zero-order chi connectivity index (χ0) is 31.6. The summed E-state index contributed by atoms with van der Waals surface area (Å²) in [6.45, 7) is 5.51. The van der Waals surface area contributed by atoms with Crippen LogP contribution in [0, 0.1) is 22.7 Å². The third-order valence-electron chi connectivity index (χ3n) is 8.92. The van der Waals surface area contributed by atoms with Crippen LogP contribution in [0.4, 0.5) is 5.69 Å². The minimum Gasteiger partial charge on any atom is -0.370 e. The first-order chi connectivity index (χ1) is 22.7. The van der Waals surface area contributed by atoms with Crippen LogP contribution in [0.1, 0.15) is 25.0 Å². The molecule has 220 valence electrons. The van der Waals surface area contributed by atoms with E-state index in [9.17, 15) is 10.5 Å². The van der Waals surface area contributed by atoms with Crippen molar-refractivity contribution in [2.45, 2.75) is 13.8 Å². The van der Waals surface area contributed by atoms with Crippen molar-refractivity contribution in [3.63, 3.8) is 0 Å². The zero-order valence-corrected chi connectivity index (χ0v) is 25.9. The van der Waals surface area contributed by atoms with Crippen LogP contribution in [0.25, 0.3) is 60.9 Å². The fraction of sp³-hybridized carbons (Fsp3) is 0.0952. The number of para-hydroxylation sites is 2. The number of nitrogens with zero attached hydrogens (tertiary/aromatic N) is 4. The summed E-state index contributed by atoms with van der Waals surface area (Å²) in [5.41, 5.74) is 11.0. The molecule has 0 saturated heterocycles. The lowest BCUT2D eigenvalue weighted by atomic mass is 9.88. The van der Waals surface area contributed by atoms with Gasteiger partial charge in [-0.05, 0) is 66.4 Å². The maximum absolute atomic E-state index is 10.5. The molecule has 0 aliphatic carbocycles. The summed E-state index contributed by atoms with van der Waals surface area (Å²) >= 11 is 0. The third kappa shape index (κ3) is 4.78. The topological polar surface area (TPSA) is 55.8 Å². The van der Waals surface area contributed by atoms with Crippen LogP contribution in [-0.4, -0.2) is 17.7 Å². The van der Waals surface area contributed by atoms with Gasteiger partial charge in [0.05, 0.1) is 27.8 Å². The van der Waals surface area contributed by atoms with Crippen LogP contribution in [0.2, 0.25) is 0 Å². The van der Waals surface area contributed by atoms with Gasteiger partial charge in [0.2, 0.25) is 0 Å². The lowest BCUT2D eigenvalue weighted by Crippen LogP contribution is -2.24. The van der Waals surface area contributed by atoms with Gasteiger partial charge in [-0.3, -0.25) is 0 Å². The number of fused-ring (bicyclic) bond motifs is 3. The molecule has 0 aliphatic rings. The van der Waals surface area contributed by atoms with E-state index >= 15 is 0 Å². The summed E-state index contributed by atoms with van der Waals surface area (Å²) in [6.07, 6.45) is 0. The largest absolute Gasteiger partial charge is 0.370 e. The molecule has 46 heavy (non-hydrogen) atoms. The number of aromatic nitrogens is 1. The van der Waals surface area contributed by atoms with Crippen molar-refractivity contribution in [2.24, 2.45) is 0 Å². The number of hydrogen-bond donors (Lipinski definition) is 0. The highest BCUT2D eigenvalue weighted by molar-refractivity contribution is 6.09. The first kappa shape index (κ1) is 28.7. The van der Waals surface area contributed by atoms with Crippen molar-refractivity contribution in [2.75, 3.05) is 18.0 Å². The van der Waals surface area contributed by atoms with Crippen molar-refractivity contribution in [3.8, 4) is 51.2 Å². The van der Waals surface area contributed by atoms with Crippen molar-refractivity contribution >= 4 is 27.5 Å². The van der Waals surface area contributed by atoms with E-state index in [1.165, 1.54) is 21.8 Å². The van der Waals surface area contributed by atoms with E-state index in [4.69, 9.17) is 0 Å². The number of anilines is 1. The quantitative estimate of drug-likeness (QED) is 0.185. The molecule has 1 aromatic heterocycles. The van der Waals surface area contributed by atoms with Crippen molar-refractivity contribution in [3.05, 3.63) is 145 Å². The van der Waals surface area contributed by atoms with Crippen LogP contribution < -0.4 is 4.90 Å². The molecule has 0 N–H and O–H groups in total. The summed E-state index contributed by atoms with van der Waals surface area (Å²) in [4.78, 5) is 2.11. The lowest BCUT2D eigenvalue weighted by Gasteiger charge is -2.26. The second-order valence-corrected chi connectivity index (χ2v) is 11.3. The smallest absolute Gasteiger partial charge is 0.102 e. The molecular formula is C42H32N4. The third-order valence-corrected chi connectivity index (χ3v) is 8.92. The number of nitriles is 2. The molecule has 7 rings (SSSR count). The molecule has 0 unspecified atom stereocenters. The Morgan fingerprint density at radius 2 is 0.957 bits per heavy atom. The van der Waals surface area contributed by atoms with Gasteiger partial charge in [0.25, 0.3) is 0 Å². The average molecular weight is 593 g/mol. The van der Waals surface area contributed by atoms with Gasteiger partial charge in [-0.25, -0.2) is 0 Å². The standard InChI is InChI=1S/C42H32N4/c1-3-45(4-2)42-38(27-43)36(31-12-6-5-7-13-31)26-37(39(42)28-44)32-20-18-29(19-21-32)30-22-24-33(25-23-30)46-40-16-10-8-14-34(40)35-15-9-11-17-41(35)46/h5-26H,3-4H2,1-2H3. The van der Waals surface area contributed by atoms with E-state index in [1.54, 1.807) is 0 Å². The molecule has 4 nitrogen and oxygen atoms in total. The van der Waals surface area contributed by atoms with Gasteiger partial charge in [-0.2, -0.15) is 10.5 Å². The predicted octanol–water partition coefficient (Wildman–Crippen LogP) is 10.4. The minimum atomic E-state index is 0.531. The van der Waals surface area contributed by atoms with Gasteiger partial charge in [-0.1, -0.05) is 103 Å². The summed E-state index contributed by atoms with van der Waals surface area (Å²) in [7, 11) is 0. The molecule has 0 atom stereocenters. The van der Waals surface area contributed by atoms with Gasteiger partial charge in [0, 0.05) is 40.7 Å². The first-order valence-electron chi connectivity index (χ1n) is 15.7. The zero-order valence-electron chi connectivity index (χ0n) is 25.9. The molecule has 0 saturated carbocycles. The van der Waals surface area contributed by atoms with Crippen molar-refractivity contribution in [1.82, 2.24) is 4.57 Å². The monoisotopic (exact) mass is 592 g/mol. The van der Waals surface area contributed by atoms with E-state index in [0.717, 1.165) is 39.1 Å². The molecule has 0 spiro atoms. The lowest BCUT2D eigenvalue weighted by molar-refractivity contribution is 0.863. The van der Waals surface area contributed by atoms with E-state index in [0.29, 0.717) is 29.9 Å². The molecule has 0 amide bonds. The molecule has 0 fully saturated rings. The van der Waals surface area contributed by atoms with Gasteiger partial charge >= 0.3 is 0 Å². The Kier molecular flexibility index (Phi) is 7.55. The van der Waals surface area contributed by atoms with E-state index in [-0.39, 0.29) is 0 Å². The maximum Gasteiger partial charge on any atom is 0.102 e. The molecule has 0 aliphatic heterocycles. The SMILES string of the molecule is CCN(CC)c1c(C#N)c(-c2ccccc2)cc(-c2ccc(-c3ccc(-n4c5ccccc5c5ccccc54)cc3)cc2)c1C#N. The Bertz CT molecular complexity index is 2220. The number of hydrogen-bond acceptors (Lipinski definition) is 3. The highest BCUT2D eigenvalue weighted by atomic mass is 15.1. The Labute approximate surface area is 269 Å². The average Bonchev–Trinajstić information content (AvgIpc) is 3.46. The number of rotatable bonds is 7. The van der Waals surface area contributed by atoms with Crippen LogP contribution >= 0.6 is 0 Å². The summed E-state index contributed by atoms with van der Waals surface area (Å²) in [5.74, 6) is 0.